The number of benzene rings is 1. The monoisotopic (exact) mass is 330 g/mol. The van der Waals surface area contributed by atoms with Gasteiger partial charge in [-0.25, -0.2) is 0 Å². The Morgan fingerprint density at radius 1 is 1.17 bits per heavy atom. The van der Waals surface area contributed by atoms with Crippen LogP contribution in [-0.2, 0) is 11.3 Å². The van der Waals surface area contributed by atoms with Crippen molar-refractivity contribution in [3.8, 4) is 11.4 Å². The molecule has 0 unspecified atom stereocenters. The van der Waals surface area contributed by atoms with Gasteiger partial charge < -0.3 is 9.47 Å². The van der Waals surface area contributed by atoms with Crippen LogP contribution in [0.1, 0.15) is 26.2 Å². The Hall–Kier alpha value is -1.82. The highest BCUT2D eigenvalue weighted by molar-refractivity contribution is 7.99. The topological polar surface area (TPSA) is 51.0 Å². The van der Waals surface area contributed by atoms with Gasteiger partial charge in [0, 0.05) is 25.2 Å². The fourth-order valence-corrected chi connectivity index (χ4v) is 3.67. The lowest BCUT2D eigenvalue weighted by Crippen LogP contribution is -2.29. The zero-order valence-corrected chi connectivity index (χ0v) is 14.3. The van der Waals surface area contributed by atoms with Crippen molar-refractivity contribution >= 4 is 17.7 Å². The van der Waals surface area contributed by atoms with Gasteiger partial charge in [0.05, 0.1) is 5.75 Å². The average molecular weight is 330 g/mol. The van der Waals surface area contributed by atoms with Gasteiger partial charge in [-0.3, -0.25) is 4.79 Å². The minimum atomic E-state index is 0.208. The molecule has 1 aromatic carbocycles. The largest absolute Gasteiger partial charge is 0.342 e. The van der Waals surface area contributed by atoms with Gasteiger partial charge in [0.25, 0.3) is 0 Å². The van der Waals surface area contributed by atoms with Gasteiger partial charge in [0.2, 0.25) is 5.91 Å². The van der Waals surface area contributed by atoms with Gasteiger partial charge in [-0.15, -0.1) is 10.2 Å². The minimum Gasteiger partial charge on any atom is -0.342 e. The molecule has 1 aromatic heterocycles. The van der Waals surface area contributed by atoms with Crippen LogP contribution < -0.4 is 0 Å². The summed E-state index contributed by atoms with van der Waals surface area (Å²) in [6, 6.07) is 10.1. The molecule has 1 amide bonds. The second-order valence-electron chi connectivity index (χ2n) is 5.70. The molecule has 6 heteroatoms. The predicted molar refractivity (Wildman–Crippen MR) is 92.3 cm³/mol. The van der Waals surface area contributed by atoms with Crippen molar-refractivity contribution in [2.24, 2.45) is 0 Å². The number of thioether (sulfide) groups is 1. The molecule has 0 saturated carbocycles. The number of aromatic nitrogens is 3. The molecule has 0 atom stereocenters. The molecule has 0 bridgehead atoms. The van der Waals surface area contributed by atoms with Gasteiger partial charge >= 0.3 is 0 Å². The summed E-state index contributed by atoms with van der Waals surface area (Å²) in [6.45, 7) is 4.79. The molecular weight excluding hydrogens is 308 g/mol. The van der Waals surface area contributed by atoms with Crippen molar-refractivity contribution in [2.75, 3.05) is 18.8 Å². The van der Waals surface area contributed by atoms with Gasteiger partial charge in [0.15, 0.2) is 11.0 Å². The number of rotatable bonds is 6. The van der Waals surface area contributed by atoms with E-state index in [2.05, 4.69) is 21.7 Å². The third-order valence-corrected chi connectivity index (χ3v) is 4.93. The van der Waals surface area contributed by atoms with E-state index in [4.69, 9.17) is 0 Å². The van der Waals surface area contributed by atoms with Gasteiger partial charge in [-0.2, -0.15) is 0 Å². The fourth-order valence-electron chi connectivity index (χ4n) is 2.81. The first-order valence-corrected chi connectivity index (χ1v) is 9.17. The number of hydrogen-bond donors (Lipinski definition) is 0. The molecule has 2 aromatic rings. The summed E-state index contributed by atoms with van der Waals surface area (Å²) in [4.78, 5) is 14.2. The fraction of sp³-hybridized carbons (Fsp3) is 0.471. The molecule has 0 aliphatic carbocycles. The molecular formula is C17H22N4OS. The van der Waals surface area contributed by atoms with E-state index < -0.39 is 0 Å². The van der Waals surface area contributed by atoms with E-state index in [1.54, 1.807) is 0 Å². The number of carbonyl (C=O) groups is 1. The maximum atomic E-state index is 12.2. The van der Waals surface area contributed by atoms with Crippen molar-refractivity contribution in [3.05, 3.63) is 30.3 Å². The molecule has 0 N–H and O–H groups in total. The number of likely N-dealkylation sites (tertiary alicyclic amines) is 1. The van der Waals surface area contributed by atoms with Crippen LogP contribution in [0.15, 0.2) is 35.5 Å². The van der Waals surface area contributed by atoms with Crippen molar-refractivity contribution in [2.45, 2.75) is 37.9 Å². The predicted octanol–water partition coefficient (Wildman–Crippen LogP) is 3.07. The van der Waals surface area contributed by atoms with E-state index in [1.165, 1.54) is 11.8 Å². The summed E-state index contributed by atoms with van der Waals surface area (Å²) in [7, 11) is 0. The molecule has 1 aliphatic rings. The average Bonchev–Trinajstić information content (AvgIpc) is 3.24. The van der Waals surface area contributed by atoms with E-state index >= 15 is 0 Å². The third kappa shape index (κ3) is 3.75. The first-order chi connectivity index (χ1) is 11.3. The summed E-state index contributed by atoms with van der Waals surface area (Å²) < 4.78 is 2.12. The smallest absolute Gasteiger partial charge is 0.233 e. The van der Waals surface area contributed by atoms with Crippen LogP contribution in [-0.4, -0.2) is 44.4 Å². The summed E-state index contributed by atoms with van der Waals surface area (Å²) in [5, 5.41) is 9.49. The van der Waals surface area contributed by atoms with Gasteiger partial charge in [0.1, 0.15) is 0 Å². The first kappa shape index (κ1) is 16.1. The Labute approximate surface area is 141 Å². The Kier molecular flexibility index (Phi) is 5.33. The Balaban J connectivity index is 1.74. The maximum absolute atomic E-state index is 12.2. The summed E-state index contributed by atoms with van der Waals surface area (Å²) in [5.41, 5.74) is 1.06. The number of amides is 1. The molecule has 1 aliphatic heterocycles. The van der Waals surface area contributed by atoms with Crippen LogP contribution in [0.25, 0.3) is 11.4 Å². The highest BCUT2D eigenvalue weighted by atomic mass is 32.2. The van der Waals surface area contributed by atoms with E-state index in [0.717, 1.165) is 55.4 Å². The van der Waals surface area contributed by atoms with E-state index in [-0.39, 0.29) is 5.91 Å². The standard InChI is InChI=1S/C17H22N4OS/c1-2-10-21-16(14-8-4-3-5-9-14)18-19-17(21)23-13-15(22)20-11-6-7-12-20/h3-5,8-9H,2,6-7,10-13H2,1H3. The summed E-state index contributed by atoms with van der Waals surface area (Å²) >= 11 is 1.50. The molecule has 0 radical (unpaired) electrons. The molecule has 3 rings (SSSR count). The highest BCUT2D eigenvalue weighted by Gasteiger charge is 2.20. The normalized spacial score (nSPS) is 14.4. The summed E-state index contributed by atoms with van der Waals surface area (Å²) in [5.74, 6) is 1.53. The van der Waals surface area contributed by atoms with E-state index in [9.17, 15) is 4.79 Å². The summed E-state index contributed by atoms with van der Waals surface area (Å²) in [6.07, 6.45) is 3.26. The van der Waals surface area contributed by atoms with Crippen LogP contribution >= 0.6 is 11.8 Å². The molecule has 23 heavy (non-hydrogen) atoms. The van der Waals surface area contributed by atoms with Crippen molar-refractivity contribution < 1.29 is 4.79 Å². The van der Waals surface area contributed by atoms with Crippen molar-refractivity contribution in [1.29, 1.82) is 0 Å². The molecule has 5 nitrogen and oxygen atoms in total. The minimum absolute atomic E-state index is 0.208. The zero-order chi connectivity index (χ0) is 16.1. The van der Waals surface area contributed by atoms with Gasteiger partial charge in [-0.1, -0.05) is 49.0 Å². The molecule has 1 saturated heterocycles. The Morgan fingerprint density at radius 2 is 1.91 bits per heavy atom. The van der Waals surface area contributed by atoms with E-state index in [0.29, 0.717) is 5.75 Å². The second kappa shape index (κ2) is 7.64. The number of hydrogen-bond acceptors (Lipinski definition) is 4. The second-order valence-corrected chi connectivity index (χ2v) is 6.64. The lowest BCUT2D eigenvalue weighted by Gasteiger charge is -2.14. The van der Waals surface area contributed by atoms with Crippen LogP contribution in [0, 0.1) is 0 Å². The number of carbonyl (C=O) groups excluding carboxylic acids is 1. The lowest BCUT2D eigenvalue weighted by atomic mass is 10.2. The quantitative estimate of drug-likeness (QED) is 0.764. The molecule has 2 heterocycles. The first-order valence-electron chi connectivity index (χ1n) is 8.18. The van der Waals surface area contributed by atoms with Crippen LogP contribution in [0.4, 0.5) is 0 Å². The Morgan fingerprint density at radius 3 is 2.61 bits per heavy atom. The van der Waals surface area contributed by atoms with E-state index in [1.807, 2.05) is 35.2 Å². The SMILES string of the molecule is CCCn1c(SCC(=O)N2CCCC2)nnc1-c1ccccc1. The molecule has 122 valence electrons. The van der Waals surface area contributed by atoms with Crippen molar-refractivity contribution in [3.63, 3.8) is 0 Å². The van der Waals surface area contributed by atoms with Crippen LogP contribution in [0.5, 0.6) is 0 Å². The van der Waals surface area contributed by atoms with Gasteiger partial charge in [-0.05, 0) is 19.3 Å². The third-order valence-electron chi connectivity index (χ3n) is 3.98. The lowest BCUT2D eigenvalue weighted by molar-refractivity contribution is -0.127. The maximum Gasteiger partial charge on any atom is 0.233 e. The molecule has 0 spiro atoms. The van der Waals surface area contributed by atoms with Crippen molar-refractivity contribution in [1.82, 2.24) is 19.7 Å². The number of nitrogens with zero attached hydrogens (tertiary/aromatic N) is 4. The molecule has 1 fully saturated rings. The van der Waals surface area contributed by atoms with Crippen LogP contribution in [0.3, 0.4) is 0 Å². The Bertz CT molecular complexity index is 650. The highest BCUT2D eigenvalue weighted by Crippen LogP contribution is 2.24. The zero-order valence-electron chi connectivity index (χ0n) is 13.4. The van der Waals surface area contributed by atoms with Crippen LogP contribution in [0.2, 0.25) is 0 Å².